The van der Waals surface area contributed by atoms with E-state index in [0.29, 0.717) is 28.7 Å². The third-order valence-corrected chi connectivity index (χ3v) is 5.15. The lowest BCUT2D eigenvalue weighted by atomic mass is 10.2. The number of urea groups is 1. The van der Waals surface area contributed by atoms with Gasteiger partial charge in [-0.15, -0.1) is 11.3 Å². The molecule has 25 heavy (non-hydrogen) atoms. The molecule has 0 aliphatic carbocycles. The summed E-state index contributed by atoms with van der Waals surface area (Å²) in [5.74, 6) is 0.601. The van der Waals surface area contributed by atoms with Crippen LogP contribution in [0.4, 0.5) is 15.6 Å². The van der Waals surface area contributed by atoms with E-state index in [1.165, 1.54) is 23.5 Å². The minimum absolute atomic E-state index is 0.178. The van der Waals surface area contributed by atoms with Gasteiger partial charge in [0.2, 0.25) is 0 Å². The Kier molecular flexibility index (Phi) is 6.02. The standard InChI is InChI=1S/C16H21N3O4S2/c1-10(2)9-23-14-11(3)13(25(4,21)22)6-5-12(14)18-15(20)19-16-17-7-8-24-16/h5-8,10H,9H2,1-4H3,(H2,17,18,19,20). The molecule has 0 aliphatic heterocycles. The maximum Gasteiger partial charge on any atom is 0.325 e. The molecule has 1 heterocycles. The first kappa shape index (κ1) is 19.2. The van der Waals surface area contributed by atoms with Crippen LogP contribution in [0.2, 0.25) is 0 Å². The quantitative estimate of drug-likeness (QED) is 0.795. The lowest BCUT2D eigenvalue weighted by molar-refractivity contribution is 0.260. The number of carbonyl (C=O) groups is 1. The summed E-state index contributed by atoms with van der Waals surface area (Å²) in [6.45, 7) is 6.03. The Morgan fingerprint density at radius 3 is 2.60 bits per heavy atom. The van der Waals surface area contributed by atoms with Gasteiger partial charge in [-0.2, -0.15) is 0 Å². The van der Waals surface area contributed by atoms with Gasteiger partial charge < -0.3 is 10.1 Å². The van der Waals surface area contributed by atoms with Crippen LogP contribution in [-0.4, -0.2) is 32.3 Å². The number of carbonyl (C=O) groups excluding carboxylic acids is 1. The molecule has 2 amide bonds. The summed E-state index contributed by atoms with van der Waals surface area (Å²) in [6, 6.07) is 2.52. The fourth-order valence-electron chi connectivity index (χ4n) is 2.15. The van der Waals surface area contributed by atoms with E-state index in [2.05, 4.69) is 15.6 Å². The maximum atomic E-state index is 12.1. The van der Waals surface area contributed by atoms with Crippen LogP contribution in [0.3, 0.4) is 0 Å². The zero-order chi connectivity index (χ0) is 18.6. The number of anilines is 2. The van der Waals surface area contributed by atoms with E-state index in [1.807, 2.05) is 13.8 Å². The Morgan fingerprint density at radius 2 is 2.04 bits per heavy atom. The molecule has 0 fully saturated rings. The van der Waals surface area contributed by atoms with E-state index in [9.17, 15) is 13.2 Å². The molecule has 0 bridgehead atoms. The van der Waals surface area contributed by atoms with Gasteiger partial charge in [-0.3, -0.25) is 5.32 Å². The first-order chi connectivity index (χ1) is 11.7. The van der Waals surface area contributed by atoms with Crippen LogP contribution in [0.5, 0.6) is 5.75 Å². The van der Waals surface area contributed by atoms with E-state index in [4.69, 9.17) is 4.74 Å². The number of sulfone groups is 1. The van der Waals surface area contributed by atoms with E-state index < -0.39 is 15.9 Å². The van der Waals surface area contributed by atoms with Crippen molar-refractivity contribution in [3.8, 4) is 5.75 Å². The number of nitrogens with one attached hydrogen (secondary N) is 2. The van der Waals surface area contributed by atoms with E-state index in [-0.39, 0.29) is 10.8 Å². The third-order valence-electron chi connectivity index (χ3n) is 3.22. The number of ether oxygens (including phenoxy) is 1. The van der Waals surface area contributed by atoms with Crippen molar-refractivity contribution in [2.24, 2.45) is 5.92 Å². The first-order valence-electron chi connectivity index (χ1n) is 7.62. The van der Waals surface area contributed by atoms with Crippen molar-refractivity contribution >= 4 is 38.0 Å². The van der Waals surface area contributed by atoms with E-state index in [0.717, 1.165) is 6.26 Å². The molecule has 0 aliphatic rings. The van der Waals surface area contributed by atoms with E-state index >= 15 is 0 Å². The highest BCUT2D eigenvalue weighted by Crippen LogP contribution is 2.34. The third kappa shape index (κ3) is 5.17. The molecule has 2 aromatic rings. The summed E-state index contributed by atoms with van der Waals surface area (Å²) in [5, 5.41) is 7.51. The van der Waals surface area contributed by atoms with Gasteiger partial charge in [-0.25, -0.2) is 18.2 Å². The topological polar surface area (TPSA) is 97.4 Å². The van der Waals surface area contributed by atoms with Crippen molar-refractivity contribution in [1.82, 2.24) is 4.98 Å². The van der Waals surface area contributed by atoms with Crippen molar-refractivity contribution in [3.05, 3.63) is 29.3 Å². The molecule has 2 rings (SSSR count). The second kappa shape index (κ2) is 7.83. The maximum absolute atomic E-state index is 12.1. The predicted octanol–water partition coefficient (Wildman–Crippen LogP) is 3.53. The molecule has 1 aromatic carbocycles. The van der Waals surface area contributed by atoms with Crippen LogP contribution in [0.25, 0.3) is 0 Å². The van der Waals surface area contributed by atoms with Gasteiger partial charge in [0, 0.05) is 23.4 Å². The molecule has 0 radical (unpaired) electrons. The first-order valence-corrected chi connectivity index (χ1v) is 10.4. The second-order valence-corrected chi connectivity index (χ2v) is 8.84. The number of benzene rings is 1. The van der Waals surface area contributed by atoms with Crippen molar-refractivity contribution in [2.75, 3.05) is 23.5 Å². The molecule has 7 nitrogen and oxygen atoms in total. The monoisotopic (exact) mass is 383 g/mol. The van der Waals surface area contributed by atoms with Crippen molar-refractivity contribution in [2.45, 2.75) is 25.7 Å². The van der Waals surface area contributed by atoms with Crippen molar-refractivity contribution < 1.29 is 17.9 Å². The number of aromatic nitrogens is 1. The minimum atomic E-state index is -3.40. The Hall–Kier alpha value is -2.13. The molecule has 1 aromatic heterocycles. The number of nitrogens with zero attached hydrogens (tertiary/aromatic N) is 1. The summed E-state index contributed by atoms with van der Waals surface area (Å²) in [7, 11) is -3.40. The van der Waals surface area contributed by atoms with Crippen LogP contribution in [-0.2, 0) is 9.84 Å². The smallest absolute Gasteiger partial charge is 0.325 e. The normalized spacial score (nSPS) is 11.4. The van der Waals surface area contributed by atoms with Gasteiger partial charge >= 0.3 is 6.03 Å². The summed E-state index contributed by atoms with van der Waals surface area (Å²) in [4.78, 5) is 16.3. The number of hydrogen-bond donors (Lipinski definition) is 2. The van der Waals surface area contributed by atoms with Crippen LogP contribution in [0.15, 0.2) is 28.6 Å². The molecular weight excluding hydrogens is 362 g/mol. The molecule has 0 atom stereocenters. The van der Waals surface area contributed by atoms with Gasteiger partial charge in [-0.1, -0.05) is 13.8 Å². The van der Waals surface area contributed by atoms with Crippen LogP contribution < -0.4 is 15.4 Å². The van der Waals surface area contributed by atoms with Gasteiger partial charge in [0.25, 0.3) is 0 Å². The lowest BCUT2D eigenvalue weighted by Crippen LogP contribution is -2.20. The lowest BCUT2D eigenvalue weighted by Gasteiger charge is -2.18. The van der Waals surface area contributed by atoms with Crippen LogP contribution in [0.1, 0.15) is 19.4 Å². The Labute approximate surface area is 151 Å². The fourth-order valence-corrected chi connectivity index (χ4v) is 3.63. The Bertz CT molecular complexity index is 847. The van der Waals surface area contributed by atoms with Crippen molar-refractivity contribution in [3.63, 3.8) is 0 Å². The fraction of sp³-hybridized carbons (Fsp3) is 0.375. The van der Waals surface area contributed by atoms with Crippen molar-refractivity contribution in [1.29, 1.82) is 0 Å². The highest BCUT2D eigenvalue weighted by atomic mass is 32.2. The predicted molar refractivity (Wildman–Crippen MR) is 99.4 cm³/mol. The zero-order valence-electron chi connectivity index (χ0n) is 14.5. The molecule has 9 heteroatoms. The summed E-state index contributed by atoms with van der Waals surface area (Å²) >= 11 is 1.30. The molecule has 136 valence electrons. The molecule has 2 N–H and O–H groups in total. The summed E-state index contributed by atoms with van der Waals surface area (Å²) < 4.78 is 29.6. The average Bonchev–Trinajstić information content (AvgIpc) is 2.97. The number of amides is 2. The van der Waals surface area contributed by atoms with Crippen LogP contribution >= 0.6 is 11.3 Å². The molecule has 0 saturated heterocycles. The van der Waals surface area contributed by atoms with Gasteiger partial charge in [0.1, 0.15) is 5.75 Å². The van der Waals surface area contributed by atoms with E-state index in [1.54, 1.807) is 18.5 Å². The largest absolute Gasteiger partial charge is 0.491 e. The minimum Gasteiger partial charge on any atom is -0.491 e. The number of thiazole rings is 1. The Morgan fingerprint density at radius 1 is 1.32 bits per heavy atom. The molecule has 0 saturated carbocycles. The SMILES string of the molecule is Cc1c(S(C)(=O)=O)ccc(NC(=O)Nc2nccs2)c1OCC(C)C. The molecular formula is C16H21N3O4S2. The second-order valence-electron chi connectivity index (χ2n) is 5.96. The van der Waals surface area contributed by atoms with Gasteiger partial charge in [-0.05, 0) is 25.0 Å². The van der Waals surface area contributed by atoms with Gasteiger partial charge in [0.05, 0.1) is 17.2 Å². The summed E-state index contributed by atoms with van der Waals surface area (Å²) in [5.41, 5.74) is 0.870. The van der Waals surface area contributed by atoms with Crippen LogP contribution in [0, 0.1) is 12.8 Å². The number of rotatable bonds is 6. The highest BCUT2D eigenvalue weighted by Gasteiger charge is 2.19. The number of hydrogen-bond acceptors (Lipinski definition) is 6. The van der Waals surface area contributed by atoms with Gasteiger partial charge in [0.15, 0.2) is 15.0 Å². The molecule has 0 unspecified atom stereocenters. The average molecular weight is 383 g/mol. The highest BCUT2D eigenvalue weighted by molar-refractivity contribution is 7.90. The molecule has 0 spiro atoms. The Balaban J connectivity index is 2.32. The zero-order valence-corrected chi connectivity index (χ0v) is 16.1. The summed E-state index contributed by atoms with van der Waals surface area (Å²) in [6.07, 6.45) is 2.73.